The number of primary amides is 1. The van der Waals surface area contributed by atoms with Gasteiger partial charge in [0.15, 0.2) is 0 Å². The molecule has 0 bridgehead atoms. The number of carbonyl (C=O) groups excluding carboxylic acids is 4. The molecule has 1 fully saturated rings. The van der Waals surface area contributed by atoms with Gasteiger partial charge in [-0.3, -0.25) is 19.7 Å². The summed E-state index contributed by atoms with van der Waals surface area (Å²) in [5, 5.41) is 6.45. The number of benzene rings is 1. The fourth-order valence-corrected chi connectivity index (χ4v) is 4.93. The number of nitrogens with two attached hydrogens (primary N) is 2. The van der Waals surface area contributed by atoms with Crippen molar-refractivity contribution in [3.8, 4) is 17.6 Å². The van der Waals surface area contributed by atoms with Crippen molar-refractivity contribution in [3.05, 3.63) is 51.2 Å². The molecule has 5 amide bonds. The first-order valence-electron chi connectivity index (χ1n) is 10.4. The number of fused-ring (bicyclic) bond motifs is 1. The van der Waals surface area contributed by atoms with Crippen LogP contribution in [0.5, 0.6) is 5.75 Å². The van der Waals surface area contributed by atoms with E-state index in [0.717, 1.165) is 5.56 Å². The Bertz CT molecular complexity index is 1280. The van der Waals surface area contributed by atoms with E-state index in [-0.39, 0.29) is 19.0 Å². The van der Waals surface area contributed by atoms with Crippen LogP contribution in [-0.4, -0.2) is 47.8 Å². The fourth-order valence-electron chi connectivity index (χ4n) is 3.90. The van der Waals surface area contributed by atoms with Crippen LogP contribution in [0.15, 0.2) is 29.6 Å². The van der Waals surface area contributed by atoms with Gasteiger partial charge in [0.1, 0.15) is 11.3 Å². The molecular weight excluding hydrogens is 458 g/mol. The summed E-state index contributed by atoms with van der Waals surface area (Å²) in [7, 11) is 1.51. The highest BCUT2D eigenvalue weighted by molar-refractivity contribution is 7.10. The number of nitrogens with zero attached hydrogens (tertiary/aromatic N) is 1. The second kappa shape index (κ2) is 8.48. The first-order chi connectivity index (χ1) is 16.1. The topological polar surface area (TPSA) is 157 Å². The van der Waals surface area contributed by atoms with Gasteiger partial charge in [0.25, 0.3) is 11.8 Å². The standard InChI is InChI=1S/C23H23N5O5S/c1-3-23(25,19(24)30)17-8-13(11-34-17)6-7-22(20(31)26-21(32)27-22)12-28-10-14-4-5-15(33-2)9-16(14)18(28)29/h4-5,8-9,11H,3,10,12,25H2,1-2H3,(H2,24,30)(H2,26,27,31,32). The molecule has 0 aliphatic carbocycles. The molecule has 10 nitrogen and oxygen atoms in total. The van der Waals surface area contributed by atoms with Gasteiger partial charge in [0.2, 0.25) is 11.4 Å². The number of imide groups is 1. The molecule has 3 heterocycles. The lowest BCUT2D eigenvalue weighted by Crippen LogP contribution is -2.54. The molecule has 2 aromatic rings. The van der Waals surface area contributed by atoms with Crippen LogP contribution in [0.25, 0.3) is 0 Å². The predicted molar refractivity (Wildman–Crippen MR) is 124 cm³/mol. The molecule has 0 saturated carbocycles. The average molecular weight is 482 g/mol. The summed E-state index contributed by atoms with van der Waals surface area (Å²) < 4.78 is 5.19. The Kier molecular flexibility index (Phi) is 5.80. The van der Waals surface area contributed by atoms with E-state index in [1.54, 1.807) is 36.6 Å². The van der Waals surface area contributed by atoms with Crippen molar-refractivity contribution in [2.75, 3.05) is 13.7 Å². The highest BCUT2D eigenvalue weighted by Crippen LogP contribution is 2.30. The molecule has 2 aliphatic rings. The minimum absolute atomic E-state index is 0.151. The molecule has 2 atom stereocenters. The van der Waals surface area contributed by atoms with Crippen LogP contribution < -0.4 is 26.8 Å². The van der Waals surface area contributed by atoms with Crippen LogP contribution in [0.1, 0.15) is 39.7 Å². The van der Waals surface area contributed by atoms with Gasteiger partial charge < -0.3 is 26.4 Å². The van der Waals surface area contributed by atoms with Gasteiger partial charge in [-0.2, -0.15) is 0 Å². The predicted octanol–water partition coefficient (Wildman–Crippen LogP) is 0.392. The summed E-state index contributed by atoms with van der Waals surface area (Å²) in [6.07, 6.45) is 0.306. The first kappa shape index (κ1) is 23.3. The third-order valence-corrected chi connectivity index (χ3v) is 7.13. The Balaban J connectivity index is 1.63. The van der Waals surface area contributed by atoms with Crippen LogP contribution in [0.3, 0.4) is 0 Å². The minimum Gasteiger partial charge on any atom is -0.497 e. The maximum absolute atomic E-state index is 13.0. The van der Waals surface area contributed by atoms with Crippen LogP contribution in [-0.2, 0) is 21.7 Å². The van der Waals surface area contributed by atoms with Crippen molar-refractivity contribution in [2.24, 2.45) is 11.5 Å². The zero-order valence-corrected chi connectivity index (χ0v) is 19.4. The van der Waals surface area contributed by atoms with E-state index in [1.165, 1.54) is 23.3 Å². The first-order valence-corrected chi connectivity index (χ1v) is 11.3. The zero-order valence-electron chi connectivity index (χ0n) is 18.6. The Morgan fingerprint density at radius 1 is 1.32 bits per heavy atom. The average Bonchev–Trinajstić information content (AvgIpc) is 3.48. The maximum atomic E-state index is 13.0. The Hall–Kier alpha value is -3.88. The van der Waals surface area contributed by atoms with Crippen LogP contribution >= 0.6 is 11.3 Å². The van der Waals surface area contributed by atoms with Crippen LogP contribution in [0.4, 0.5) is 4.79 Å². The smallest absolute Gasteiger partial charge is 0.323 e. The van der Waals surface area contributed by atoms with Gasteiger partial charge >= 0.3 is 6.03 Å². The van der Waals surface area contributed by atoms with E-state index in [9.17, 15) is 19.2 Å². The summed E-state index contributed by atoms with van der Waals surface area (Å²) in [6.45, 7) is 1.86. The third kappa shape index (κ3) is 3.87. The summed E-state index contributed by atoms with van der Waals surface area (Å²) in [4.78, 5) is 51.6. The van der Waals surface area contributed by atoms with Crippen LogP contribution in [0.2, 0.25) is 0 Å². The molecule has 34 heavy (non-hydrogen) atoms. The molecule has 176 valence electrons. The molecule has 2 aliphatic heterocycles. The zero-order chi connectivity index (χ0) is 24.7. The lowest BCUT2D eigenvalue weighted by atomic mass is 9.94. The van der Waals surface area contributed by atoms with Gasteiger partial charge in [0, 0.05) is 27.9 Å². The lowest BCUT2D eigenvalue weighted by Gasteiger charge is -2.26. The Labute approximate surface area is 199 Å². The van der Waals surface area contributed by atoms with E-state index in [0.29, 0.717) is 28.2 Å². The molecule has 11 heteroatoms. The molecule has 1 saturated heterocycles. The molecule has 4 rings (SSSR count). The molecule has 2 unspecified atom stereocenters. The Morgan fingerprint density at radius 2 is 2.09 bits per heavy atom. The van der Waals surface area contributed by atoms with E-state index in [4.69, 9.17) is 16.2 Å². The summed E-state index contributed by atoms with van der Waals surface area (Å²) in [5.74, 6) is 4.66. The number of hydrogen-bond acceptors (Lipinski definition) is 7. The number of amides is 5. The van der Waals surface area contributed by atoms with Crippen molar-refractivity contribution in [3.63, 3.8) is 0 Å². The molecule has 1 aromatic carbocycles. The van der Waals surface area contributed by atoms with Crippen LogP contribution in [0, 0.1) is 11.8 Å². The quantitative estimate of drug-likeness (QED) is 0.345. The fraction of sp³-hybridized carbons (Fsp3) is 0.304. The number of urea groups is 1. The number of hydrogen-bond donors (Lipinski definition) is 4. The molecular formula is C23H23N5O5S. The molecule has 0 spiro atoms. The van der Waals surface area contributed by atoms with Gasteiger partial charge in [-0.25, -0.2) is 4.79 Å². The number of methoxy groups -OCH3 is 1. The van der Waals surface area contributed by atoms with E-state index in [1.807, 2.05) is 0 Å². The Morgan fingerprint density at radius 3 is 2.71 bits per heavy atom. The number of ether oxygens (including phenoxy) is 1. The van der Waals surface area contributed by atoms with Crippen molar-refractivity contribution < 1.29 is 23.9 Å². The van der Waals surface area contributed by atoms with E-state index >= 15 is 0 Å². The van der Waals surface area contributed by atoms with Gasteiger partial charge in [-0.1, -0.05) is 24.8 Å². The van der Waals surface area contributed by atoms with E-state index in [2.05, 4.69) is 22.5 Å². The van der Waals surface area contributed by atoms with Gasteiger partial charge in [-0.05, 0) is 30.2 Å². The van der Waals surface area contributed by atoms with Gasteiger partial charge in [0.05, 0.1) is 13.7 Å². The van der Waals surface area contributed by atoms with Gasteiger partial charge in [-0.15, -0.1) is 11.3 Å². The number of rotatable bonds is 6. The number of thiophene rings is 1. The normalized spacial score (nSPS) is 20.7. The second-order valence-electron chi connectivity index (χ2n) is 8.14. The lowest BCUT2D eigenvalue weighted by molar-refractivity contribution is -0.123. The second-order valence-corrected chi connectivity index (χ2v) is 9.05. The highest BCUT2D eigenvalue weighted by Gasteiger charge is 2.48. The van der Waals surface area contributed by atoms with E-state index < -0.39 is 28.9 Å². The third-order valence-electron chi connectivity index (χ3n) is 6.02. The monoisotopic (exact) mass is 481 g/mol. The maximum Gasteiger partial charge on any atom is 0.323 e. The summed E-state index contributed by atoms with van der Waals surface area (Å²) >= 11 is 1.23. The number of nitrogens with one attached hydrogen (secondary N) is 2. The number of carbonyl (C=O) groups is 4. The largest absolute Gasteiger partial charge is 0.497 e. The SMILES string of the molecule is CCC(N)(C(N)=O)c1cc(C#CC2(CN3Cc4ccc(OC)cc4C3=O)NC(=O)NC2=O)cs1. The minimum atomic E-state index is -1.64. The summed E-state index contributed by atoms with van der Waals surface area (Å²) in [5.41, 5.74) is 10.4. The molecule has 0 radical (unpaired) electrons. The van der Waals surface area contributed by atoms with Crippen molar-refractivity contribution in [2.45, 2.75) is 31.0 Å². The summed E-state index contributed by atoms with van der Waals surface area (Å²) in [6, 6.07) is 6.12. The van der Waals surface area contributed by atoms with Crippen molar-refractivity contribution in [1.29, 1.82) is 0 Å². The molecule has 1 aromatic heterocycles. The van der Waals surface area contributed by atoms with Crippen molar-refractivity contribution >= 4 is 35.1 Å². The molecule has 6 N–H and O–H groups in total. The highest BCUT2D eigenvalue weighted by atomic mass is 32.1. The van der Waals surface area contributed by atoms with Crippen molar-refractivity contribution in [1.82, 2.24) is 15.5 Å².